The highest BCUT2D eigenvalue weighted by molar-refractivity contribution is 5.76. The smallest absolute Gasteiger partial charge is 0.220 e. The van der Waals surface area contributed by atoms with Crippen LogP contribution in [-0.2, 0) is 20.8 Å². The summed E-state index contributed by atoms with van der Waals surface area (Å²) >= 11 is 0. The lowest BCUT2D eigenvalue weighted by Crippen LogP contribution is -2.56. The highest BCUT2D eigenvalue weighted by Crippen LogP contribution is 2.34. The number of unbranched alkanes of at least 4 members (excludes halogenated alkanes) is 15. The van der Waals surface area contributed by atoms with Crippen molar-refractivity contribution in [2.45, 2.75) is 207 Å². The number of carbonyl (C=O) groups is 1. The van der Waals surface area contributed by atoms with Crippen LogP contribution in [0.4, 0.5) is 0 Å². The molecule has 0 bridgehead atoms. The molecule has 3 atom stereocenters. The van der Waals surface area contributed by atoms with Gasteiger partial charge in [-0.25, -0.2) is 0 Å². The minimum Gasteiger partial charge on any atom is -0.349 e. The number of carbonyl (C=O) groups excluding carboxylic acids is 1. The number of ether oxygens (including phenoxy) is 2. The molecule has 5 heteroatoms. The second kappa shape index (κ2) is 22.2. The van der Waals surface area contributed by atoms with Crippen LogP contribution in [0.2, 0.25) is 0 Å². The van der Waals surface area contributed by atoms with Gasteiger partial charge in [0.15, 0.2) is 5.79 Å². The summed E-state index contributed by atoms with van der Waals surface area (Å²) < 4.78 is 13.2. The Labute approximate surface area is 279 Å². The molecule has 1 heterocycles. The van der Waals surface area contributed by atoms with E-state index in [-0.39, 0.29) is 29.7 Å². The number of rotatable bonds is 25. The molecule has 1 aromatic rings. The van der Waals surface area contributed by atoms with Gasteiger partial charge in [0.05, 0.1) is 12.1 Å². The number of amides is 1. The Bertz CT molecular complexity index is 881. The molecule has 0 radical (unpaired) electrons. The van der Waals surface area contributed by atoms with E-state index in [9.17, 15) is 4.79 Å². The summed E-state index contributed by atoms with van der Waals surface area (Å²) in [5.74, 6) is -0.510. The van der Waals surface area contributed by atoms with Crippen molar-refractivity contribution in [1.29, 1.82) is 0 Å². The van der Waals surface area contributed by atoms with Gasteiger partial charge in [-0.3, -0.25) is 9.69 Å². The highest BCUT2D eigenvalue weighted by atomic mass is 16.8. The predicted molar refractivity (Wildman–Crippen MR) is 191 cm³/mol. The van der Waals surface area contributed by atoms with Crippen molar-refractivity contribution in [3.8, 4) is 0 Å². The van der Waals surface area contributed by atoms with E-state index in [4.69, 9.17) is 9.47 Å². The summed E-state index contributed by atoms with van der Waals surface area (Å²) in [4.78, 5) is 15.8. The summed E-state index contributed by atoms with van der Waals surface area (Å²) in [6.07, 6.45) is 23.2. The van der Waals surface area contributed by atoms with E-state index >= 15 is 0 Å². The van der Waals surface area contributed by atoms with Crippen molar-refractivity contribution in [3.05, 3.63) is 35.9 Å². The van der Waals surface area contributed by atoms with Crippen LogP contribution in [-0.4, -0.2) is 46.9 Å². The first-order valence-corrected chi connectivity index (χ1v) is 19.0. The Morgan fingerprint density at radius 1 is 0.778 bits per heavy atom. The Kier molecular flexibility index (Phi) is 19.6. The normalized spacial score (nSPS) is 18.8. The molecule has 1 aromatic carbocycles. The van der Waals surface area contributed by atoms with E-state index in [0.29, 0.717) is 6.42 Å². The van der Waals surface area contributed by atoms with Crippen LogP contribution < -0.4 is 5.32 Å². The third-order valence-electron chi connectivity index (χ3n) is 9.40. The first-order valence-electron chi connectivity index (χ1n) is 19.0. The van der Waals surface area contributed by atoms with Gasteiger partial charge in [-0.05, 0) is 53.0 Å². The van der Waals surface area contributed by atoms with E-state index < -0.39 is 5.79 Å². The number of hydrogen-bond donors (Lipinski definition) is 1. The lowest BCUT2D eigenvalue weighted by Gasteiger charge is -2.40. The maximum atomic E-state index is 13.3. The zero-order valence-electron chi connectivity index (χ0n) is 30.6. The Balaban J connectivity index is 2.00. The summed E-state index contributed by atoms with van der Waals surface area (Å²) in [6, 6.07) is 10.5. The maximum absolute atomic E-state index is 13.3. The summed E-state index contributed by atoms with van der Waals surface area (Å²) in [6.45, 7) is 16.9. The molecule has 2 rings (SSSR count). The molecule has 0 aliphatic carbocycles. The van der Waals surface area contributed by atoms with Gasteiger partial charge >= 0.3 is 0 Å². The van der Waals surface area contributed by atoms with Gasteiger partial charge in [-0.1, -0.05) is 147 Å². The SMILES string of the molecule is CCCCCCCCCCCCCC[C@H]1OC(C)(C)O[C@H]1[C@H](CN(Cc1ccccc1)C(C)(C)C)NC(=O)CCCCCCC. The number of hydrogen-bond acceptors (Lipinski definition) is 4. The van der Waals surface area contributed by atoms with Crippen LogP contribution in [0.5, 0.6) is 0 Å². The van der Waals surface area contributed by atoms with Gasteiger partial charge in [0, 0.05) is 25.0 Å². The topological polar surface area (TPSA) is 50.8 Å². The molecule has 1 amide bonds. The van der Waals surface area contributed by atoms with E-state index in [1.54, 1.807) is 0 Å². The van der Waals surface area contributed by atoms with Gasteiger partial charge in [0.1, 0.15) is 6.10 Å². The second-order valence-corrected chi connectivity index (χ2v) is 15.2. The first kappa shape index (κ1) is 39.7. The minimum atomic E-state index is -0.651. The first-order chi connectivity index (χ1) is 21.6. The monoisotopic (exact) mass is 629 g/mol. The Morgan fingerprint density at radius 3 is 1.82 bits per heavy atom. The van der Waals surface area contributed by atoms with Crippen LogP contribution in [0, 0.1) is 0 Å². The average Bonchev–Trinajstić information content (AvgIpc) is 3.30. The van der Waals surface area contributed by atoms with Gasteiger partial charge in [-0.15, -0.1) is 0 Å². The number of nitrogens with one attached hydrogen (secondary N) is 1. The molecule has 0 saturated carbocycles. The summed E-state index contributed by atoms with van der Waals surface area (Å²) in [5, 5.41) is 3.47. The molecule has 1 aliphatic rings. The van der Waals surface area contributed by atoms with Crippen molar-refractivity contribution in [1.82, 2.24) is 10.2 Å². The predicted octanol–water partition coefficient (Wildman–Crippen LogP) is 10.7. The molecule has 1 aliphatic heterocycles. The third kappa shape index (κ3) is 17.3. The van der Waals surface area contributed by atoms with Crippen LogP contribution in [0.1, 0.15) is 176 Å². The largest absolute Gasteiger partial charge is 0.349 e. The molecular weight excluding hydrogens is 556 g/mol. The van der Waals surface area contributed by atoms with Gasteiger partial charge < -0.3 is 14.8 Å². The Morgan fingerprint density at radius 2 is 1.29 bits per heavy atom. The molecule has 0 spiro atoms. The van der Waals surface area contributed by atoms with Gasteiger partial charge in [-0.2, -0.15) is 0 Å². The molecule has 45 heavy (non-hydrogen) atoms. The van der Waals surface area contributed by atoms with Crippen molar-refractivity contribution >= 4 is 5.91 Å². The molecule has 1 saturated heterocycles. The fourth-order valence-corrected chi connectivity index (χ4v) is 6.63. The Hall–Kier alpha value is -1.43. The molecule has 1 fully saturated rings. The van der Waals surface area contributed by atoms with E-state index in [0.717, 1.165) is 38.8 Å². The fraction of sp³-hybridized carbons (Fsp3) is 0.825. The molecule has 0 unspecified atom stereocenters. The fourth-order valence-electron chi connectivity index (χ4n) is 6.63. The van der Waals surface area contributed by atoms with E-state index in [1.807, 2.05) is 13.8 Å². The summed E-state index contributed by atoms with van der Waals surface area (Å²) in [7, 11) is 0. The van der Waals surface area contributed by atoms with Crippen LogP contribution in [0.25, 0.3) is 0 Å². The van der Waals surface area contributed by atoms with Crippen molar-refractivity contribution in [2.24, 2.45) is 0 Å². The van der Waals surface area contributed by atoms with E-state index in [1.165, 1.54) is 95.5 Å². The van der Waals surface area contributed by atoms with Crippen LogP contribution in [0.3, 0.4) is 0 Å². The van der Waals surface area contributed by atoms with Crippen LogP contribution >= 0.6 is 0 Å². The van der Waals surface area contributed by atoms with Crippen molar-refractivity contribution in [3.63, 3.8) is 0 Å². The zero-order chi connectivity index (χ0) is 33.0. The highest BCUT2D eigenvalue weighted by Gasteiger charge is 2.46. The number of nitrogens with zero attached hydrogens (tertiary/aromatic N) is 1. The molecule has 260 valence electrons. The molecule has 5 nitrogen and oxygen atoms in total. The van der Waals surface area contributed by atoms with Crippen molar-refractivity contribution in [2.75, 3.05) is 6.54 Å². The summed E-state index contributed by atoms with van der Waals surface area (Å²) in [5.41, 5.74) is 1.21. The lowest BCUT2D eigenvalue weighted by atomic mass is 9.96. The van der Waals surface area contributed by atoms with Gasteiger partial charge in [0.2, 0.25) is 5.91 Å². The molecule has 0 aromatic heterocycles. The molecule has 1 N–H and O–H groups in total. The minimum absolute atomic E-state index is 0.0171. The van der Waals surface area contributed by atoms with Crippen molar-refractivity contribution < 1.29 is 14.3 Å². The van der Waals surface area contributed by atoms with Crippen LogP contribution in [0.15, 0.2) is 30.3 Å². The zero-order valence-corrected chi connectivity index (χ0v) is 30.6. The lowest BCUT2D eigenvalue weighted by molar-refractivity contribution is -0.151. The second-order valence-electron chi connectivity index (χ2n) is 15.2. The average molecular weight is 629 g/mol. The quantitative estimate of drug-likeness (QED) is 0.109. The van der Waals surface area contributed by atoms with E-state index in [2.05, 4.69) is 75.2 Å². The standard InChI is InChI=1S/C40H72N2O3/c1-8-10-12-14-15-16-17-18-19-20-22-26-30-36-38(45-40(6,7)44-36)35(41-37(43)31-27-21-13-11-9-2)33-42(39(3,4)5)32-34-28-24-23-25-29-34/h23-25,28-29,35-36,38H,8-22,26-27,30-33H2,1-7H3,(H,41,43)/t35-,36+,38-/m0/s1. The molecular formula is C40H72N2O3. The van der Waals surface area contributed by atoms with Gasteiger partial charge in [0.25, 0.3) is 0 Å². The maximum Gasteiger partial charge on any atom is 0.220 e. The number of benzene rings is 1. The third-order valence-corrected chi connectivity index (χ3v) is 9.40.